The first-order chi connectivity index (χ1) is 11.0. The van der Waals surface area contributed by atoms with Crippen LogP contribution >= 0.6 is 11.8 Å². The van der Waals surface area contributed by atoms with E-state index in [-0.39, 0.29) is 17.1 Å². The molecule has 0 saturated heterocycles. The fraction of sp³-hybridized carbons (Fsp3) is 0.556. The van der Waals surface area contributed by atoms with E-state index in [0.29, 0.717) is 12.0 Å². The van der Waals surface area contributed by atoms with E-state index in [4.69, 9.17) is 0 Å². The van der Waals surface area contributed by atoms with Gasteiger partial charge in [-0.2, -0.15) is 0 Å². The van der Waals surface area contributed by atoms with Gasteiger partial charge in [0.25, 0.3) is 0 Å². The number of hydrogen-bond acceptors (Lipinski definition) is 3. The molecular weight excluding hydrogens is 308 g/mol. The number of carbonyl (C=O) groups is 2. The van der Waals surface area contributed by atoms with E-state index in [1.165, 1.54) is 26.2 Å². The largest absolute Gasteiger partial charge is 0.352 e. The van der Waals surface area contributed by atoms with Gasteiger partial charge >= 0.3 is 0 Å². The number of rotatable bonds is 5. The summed E-state index contributed by atoms with van der Waals surface area (Å²) in [6.45, 7) is 5.65. The molecular formula is C18H26N2O2S. The third kappa shape index (κ3) is 5.57. The first-order valence-electron chi connectivity index (χ1n) is 8.30. The van der Waals surface area contributed by atoms with Gasteiger partial charge in [0.05, 0.1) is 5.25 Å². The first-order valence-corrected chi connectivity index (χ1v) is 9.18. The van der Waals surface area contributed by atoms with Crippen LogP contribution in [0.2, 0.25) is 0 Å². The van der Waals surface area contributed by atoms with E-state index < -0.39 is 0 Å². The van der Waals surface area contributed by atoms with Crippen LogP contribution in [0.5, 0.6) is 0 Å². The van der Waals surface area contributed by atoms with Gasteiger partial charge in [0.1, 0.15) is 0 Å². The summed E-state index contributed by atoms with van der Waals surface area (Å²) in [5.74, 6) is 0.598. The van der Waals surface area contributed by atoms with E-state index in [1.54, 1.807) is 11.8 Å². The average Bonchev–Trinajstić information content (AvgIpc) is 2.51. The van der Waals surface area contributed by atoms with Crippen molar-refractivity contribution in [3.8, 4) is 0 Å². The Balaban J connectivity index is 1.86. The van der Waals surface area contributed by atoms with Gasteiger partial charge in [-0.05, 0) is 49.9 Å². The molecule has 126 valence electrons. The van der Waals surface area contributed by atoms with Crippen LogP contribution in [0, 0.1) is 5.92 Å². The minimum Gasteiger partial charge on any atom is -0.352 e. The third-order valence-electron chi connectivity index (χ3n) is 4.30. The second-order valence-electron chi connectivity index (χ2n) is 6.34. The van der Waals surface area contributed by atoms with Crippen LogP contribution in [0.1, 0.15) is 46.5 Å². The monoisotopic (exact) mass is 334 g/mol. The third-order valence-corrected chi connectivity index (χ3v) is 5.41. The molecule has 1 aliphatic carbocycles. The van der Waals surface area contributed by atoms with Crippen molar-refractivity contribution in [1.82, 2.24) is 5.32 Å². The maximum absolute atomic E-state index is 12.4. The molecule has 0 bridgehead atoms. The Morgan fingerprint density at radius 1 is 1.17 bits per heavy atom. The Labute approximate surface area is 142 Å². The van der Waals surface area contributed by atoms with E-state index in [2.05, 4.69) is 17.6 Å². The summed E-state index contributed by atoms with van der Waals surface area (Å²) in [5.41, 5.74) is 0.773. The van der Waals surface area contributed by atoms with Crippen molar-refractivity contribution >= 4 is 29.3 Å². The Hall–Kier alpha value is -1.49. The second kappa shape index (κ2) is 8.39. The van der Waals surface area contributed by atoms with Gasteiger partial charge in [-0.1, -0.05) is 19.8 Å². The van der Waals surface area contributed by atoms with Gasteiger partial charge in [0.2, 0.25) is 11.8 Å². The summed E-state index contributed by atoms with van der Waals surface area (Å²) >= 11 is 1.54. The summed E-state index contributed by atoms with van der Waals surface area (Å²) in [7, 11) is 0. The quantitative estimate of drug-likeness (QED) is 0.805. The van der Waals surface area contributed by atoms with Gasteiger partial charge in [-0.15, -0.1) is 11.8 Å². The highest BCUT2D eigenvalue weighted by atomic mass is 32.2. The van der Waals surface area contributed by atoms with Crippen molar-refractivity contribution in [3.05, 3.63) is 24.3 Å². The zero-order chi connectivity index (χ0) is 16.8. The fourth-order valence-corrected chi connectivity index (χ4v) is 3.79. The van der Waals surface area contributed by atoms with Crippen LogP contribution in [-0.2, 0) is 9.59 Å². The lowest BCUT2D eigenvalue weighted by molar-refractivity contribution is -0.121. The molecule has 0 aromatic heterocycles. The molecule has 4 nitrogen and oxygen atoms in total. The second-order valence-corrected chi connectivity index (χ2v) is 7.76. The van der Waals surface area contributed by atoms with Gasteiger partial charge < -0.3 is 10.6 Å². The van der Waals surface area contributed by atoms with Gasteiger partial charge in [0, 0.05) is 23.5 Å². The summed E-state index contributed by atoms with van der Waals surface area (Å²) in [6, 6.07) is 7.91. The molecule has 0 aliphatic heterocycles. The zero-order valence-corrected chi connectivity index (χ0v) is 14.9. The van der Waals surface area contributed by atoms with Crippen LogP contribution < -0.4 is 10.6 Å². The Bertz CT molecular complexity index is 544. The molecule has 1 aromatic rings. The van der Waals surface area contributed by atoms with E-state index >= 15 is 0 Å². The number of thioether (sulfide) groups is 1. The Morgan fingerprint density at radius 2 is 1.83 bits per heavy atom. The highest BCUT2D eigenvalue weighted by Gasteiger charge is 2.25. The molecule has 1 fully saturated rings. The normalized spacial score (nSPS) is 22.2. The zero-order valence-electron chi connectivity index (χ0n) is 14.1. The van der Waals surface area contributed by atoms with E-state index in [1.807, 2.05) is 31.2 Å². The van der Waals surface area contributed by atoms with Crippen LogP contribution in [0.3, 0.4) is 0 Å². The molecule has 2 N–H and O–H groups in total. The summed E-state index contributed by atoms with van der Waals surface area (Å²) in [5, 5.41) is 5.82. The van der Waals surface area contributed by atoms with Crippen molar-refractivity contribution in [1.29, 1.82) is 0 Å². The fourth-order valence-electron chi connectivity index (χ4n) is 2.91. The summed E-state index contributed by atoms with van der Waals surface area (Å²) in [6.07, 6.45) is 4.78. The van der Waals surface area contributed by atoms with Crippen molar-refractivity contribution in [3.63, 3.8) is 0 Å². The highest BCUT2D eigenvalue weighted by Crippen LogP contribution is 2.27. The first kappa shape index (κ1) is 17.9. The van der Waals surface area contributed by atoms with Gasteiger partial charge in [-0.3, -0.25) is 9.59 Å². The maximum Gasteiger partial charge on any atom is 0.233 e. The molecule has 2 rings (SSSR count). The van der Waals surface area contributed by atoms with Crippen LogP contribution in [0.15, 0.2) is 29.2 Å². The molecule has 1 aromatic carbocycles. The van der Waals surface area contributed by atoms with Crippen molar-refractivity contribution in [2.45, 2.75) is 62.6 Å². The molecule has 2 amide bonds. The Kier molecular flexibility index (Phi) is 6.51. The van der Waals surface area contributed by atoms with E-state index in [0.717, 1.165) is 17.0 Å². The lowest BCUT2D eigenvalue weighted by Crippen LogP contribution is -2.44. The SMILES string of the molecule is CC(=O)Nc1ccc(S[C@H](C)C(=O)N[C@@H]2CCCC[C@@H]2C)cc1. The predicted molar refractivity (Wildman–Crippen MR) is 95.6 cm³/mol. The van der Waals surface area contributed by atoms with Gasteiger partial charge in [0.15, 0.2) is 0 Å². The highest BCUT2D eigenvalue weighted by molar-refractivity contribution is 8.00. The molecule has 3 atom stereocenters. The van der Waals surface area contributed by atoms with Crippen molar-refractivity contribution in [2.75, 3.05) is 5.32 Å². The molecule has 0 radical (unpaired) electrons. The number of hydrogen-bond donors (Lipinski definition) is 2. The topological polar surface area (TPSA) is 58.2 Å². The number of carbonyl (C=O) groups excluding carboxylic acids is 2. The number of amides is 2. The molecule has 1 aliphatic rings. The lowest BCUT2D eigenvalue weighted by atomic mass is 9.86. The number of benzene rings is 1. The van der Waals surface area contributed by atoms with Gasteiger partial charge in [-0.25, -0.2) is 0 Å². The smallest absolute Gasteiger partial charge is 0.233 e. The minimum atomic E-state index is -0.129. The molecule has 23 heavy (non-hydrogen) atoms. The summed E-state index contributed by atoms with van der Waals surface area (Å²) < 4.78 is 0. The molecule has 0 heterocycles. The van der Waals surface area contributed by atoms with Crippen molar-refractivity contribution in [2.24, 2.45) is 5.92 Å². The van der Waals surface area contributed by atoms with E-state index in [9.17, 15) is 9.59 Å². The molecule has 1 saturated carbocycles. The number of nitrogens with one attached hydrogen (secondary N) is 2. The van der Waals surface area contributed by atoms with Crippen molar-refractivity contribution < 1.29 is 9.59 Å². The van der Waals surface area contributed by atoms with Crippen LogP contribution in [-0.4, -0.2) is 23.1 Å². The molecule has 5 heteroatoms. The lowest BCUT2D eigenvalue weighted by Gasteiger charge is -2.30. The standard InChI is InChI=1S/C18H26N2O2S/c1-12-6-4-5-7-17(12)20-18(22)13(2)23-16-10-8-15(9-11-16)19-14(3)21/h8-13,17H,4-7H2,1-3H3,(H,19,21)(H,20,22)/t12-,13+,17+/m0/s1. The predicted octanol–water partition coefficient (Wildman–Crippen LogP) is 3.82. The number of anilines is 1. The van der Waals surface area contributed by atoms with Crippen LogP contribution in [0.4, 0.5) is 5.69 Å². The minimum absolute atomic E-state index is 0.0836. The molecule has 0 unspecified atom stereocenters. The van der Waals surface area contributed by atoms with Crippen LogP contribution in [0.25, 0.3) is 0 Å². The Morgan fingerprint density at radius 3 is 2.43 bits per heavy atom. The summed E-state index contributed by atoms with van der Waals surface area (Å²) in [4.78, 5) is 24.4. The average molecular weight is 334 g/mol. The maximum atomic E-state index is 12.4. The molecule has 0 spiro atoms.